The lowest BCUT2D eigenvalue weighted by molar-refractivity contribution is -0.384. The Morgan fingerprint density at radius 3 is 2.43 bits per heavy atom. The molecule has 1 aliphatic rings. The number of fused-ring (bicyclic) bond motifs is 1. The number of benzene rings is 2. The highest BCUT2D eigenvalue weighted by Crippen LogP contribution is 2.30. The van der Waals surface area contributed by atoms with Crippen LogP contribution in [0.1, 0.15) is 16.8 Å². The summed E-state index contributed by atoms with van der Waals surface area (Å²) in [5, 5.41) is 13.3. The lowest BCUT2D eigenvalue weighted by Gasteiger charge is -2.09. The summed E-state index contributed by atoms with van der Waals surface area (Å²) in [6, 6.07) is 10.6. The molecule has 118 valence electrons. The topological polar surface area (TPSA) is 90.7 Å². The van der Waals surface area contributed by atoms with Crippen LogP contribution in [0.4, 0.5) is 11.4 Å². The van der Waals surface area contributed by atoms with Crippen LogP contribution in [0.5, 0.6) is 11.5 Å². The summed E-state index contributed by atoms with van der Waals surface area (Å²) in [5.41, 5.74) is 0.874. The van der Waals surface area contributed by atoms with E-state index in [0.717, 1.165) is 6.42 Å². The molecule has 0 aromatic heterocycles. The van der Waals surface area contributed by atoms with Gasteiger partial charge in [-0.15, -0.1) is 0 Å². The highest BCUT2D eigenvalue weighted by atomic mass is 16.6. The van der Waals surface area contributed by atoms with Crippen LogP contribution < -0.4 is 14.8 Å². The van der Waals surface area contributed by atoms with Crippen LogP contribution in [0.2, 0.25) is 0 Å². The molecular weight excluding hydrogens is 300 g/mol. The summed E-state index contributed by atoms with van der Waals surface area (Å²) in [5.74, 6) is 0.836. The Morgan fingerprint density at radius 2 is 1.74 bits per heavy atom. The van der Waals surface area contributed by atoms with Crippen molar-refractivity contribution in [2.75, 3.05) is 18.5 Å². The van der Waals surface area contributed by atoms with Crippen LogP contribution >= 0.6 is 0 Å². The standard InChI is InChI=1S/C16H14N2O5/c19-16(17-12-3-5-13(6-4-12)18(20)21)11-2-7-14-15(10-11)23-9-1-8-22-14/h2-7,10H,1,8-9H2,(H,17,19). The lowest BCUT2D eigenvalue weighted by Crippen LogP contribution is -2.12. The van der Waals surface area contributed by atoms with Gasteiger partial charge in [0, 0.05) is 29.8 Å². The van der Waals surface area contributed by atoms with Crippen LogP contribution in [0.15, 0.2) is 42.5 Å². The third kappa shape index (κ3) is 3.39. The van der Waals surface area contributed by atoms with Gasteiger partial charge in [0.1, 0.15) is 0 Å². The molecule has 7 nitrogen and oxygen atoms in total. The number of carbonyl (C=O) groups excluding carboxylic acids is 1. The van der Waals surface area contributed by atoms with Crippen LogP contribution in [0.25, 0.3) is 0 Å². The Hall–Kier alpha value is -3.09. The van der Waals surface area contributed by atoms with Crippen LogP contribution in [-0.2, 0) is 0 Å². The fourth-order valence-corrected chi connectivity index (χ4v) is 2.17. The summed E-state index contributed by atoms with van der Waals surface area (Å²) in [4.78, 5) is 22.4. The van der Waals surface area contributed by atoms with E-state index in [0.29, 0.717) is 36.0 Å². The van der Waals surface area contributed by atoms with E-state index in [4.69, 9.17) is 9.47 Å². The van der Waals surface area contributed by atoms with Crippen molar-refractivity contribution >= 4 is 17.3 Å². The molecule has 1 amide bonds. The number of anilines is 1. The first-order valence-corrected chi connectivity index (χ1v) is 7.09. The van der Waals surface area contributed by atoms with E-state index < -0.39 is 4.92 Å². The molecule has 0 atom stereocenters. The smallest absolute Gasteiger partial charge is 0.269 e. The zero-order valence-corrected chi connectivity index (χ0v) is 12.2. The molecule has 0 bridgehead atoms. The Morgan fingerprint density at radius 1 is 1.04 bits per heavy atom. The van der Waals surface area contributed by atoms with E-state index in [1.807, 2.05) is 0 Å². The molecule has 0 aliphatic carbocycles. The number of carbonyl (C=O) groups is 1. The molecule has 1 heterocycles. The number of nitro groups is 1. The first-order chi connectivity index (χ1) is 11.1. The number of rotatable bonds is 3. The van der Waals surface area contributed by atoms with Crippen LogP contribution in [0, 0.1) is 10.1 Å². The summed E-state index contributed by atoms with van der Waals surface area (Å²) in [6.45, 7) is 1.13. The molecule has 2 aromatic rings. The number of nitrogens with zero attached hydrogens (tertiary/aromatic N) is 1. The molecule has 0 saturated carbocycles. The number of hydrogen-bond donors (Lipinski definition) is 1. The van der Waals surface area contributed by atoms with E-state index in [1.165, 1.54) is 24.3 Å². The van der Waals surface area contributed by atoms with E-state index in [-0.39, 0.29) is 11.6 Å². The largest absolute Gasteiger partial charge is 0.490 e. The van der Waals surface area contributed by atoms with Crippen molar-refractivity contribution in [3.63, 3.8) is 0 Å². The predicted octanol–water partition coefficient (Wildman–Crippen LogP) is 3.01. The Labute approximate surface area is 132 Å². The molecule has 0 unspecified atom stereocenters. The average molecular weight is 314 g/mol. The predicted molar refractivity (Wildman–Crippen MR) is 83.1 cm³/mol. The Bertz CT molecular complexity index is 743. The maximum Gasteiger partial charge on any atom is 0.269 e. The molecule has 0 radical (unpaired) electrons. The number of ether oxygens (including phenoxy) is 2. The average Bonchev–Trinajstić information content (AvgIpc) is 2.79. The zero-order valence-electron chi connectivity index (χ0n) is 12.2. The zero-order chi connectivity index (χ0) is 16.2. The molecule has 3 rings (SSSR count). The molecule has 0 saturated heterocycles. The van der Waals surface area contributed by atoms with Gasteiger partial charge in [-0.25, -0.2) is 0 Å². The molecular formula is C16H14N2O5. The van der Waals surface area contributed by atoms with E-state index in [9.17, 15) is 14.9 Å². The monoisotopic (exact) mass is 314 g/mol. The fraction of sp³-hybridized carbons (Fsp3) is 0.188. The highest BCUT2D eigenvalue weighted by molar-refractivity contribution is 6.04. The van der Waals surface area contributed by atoms with Gasteiger partial charge in [-0.2, -0.15) is 0 Å². The second kappa shape index (κ2) is 6.35. The van der Waals surface area contributed by atoms with Crippen molar-refractivity contribution in [3.8, 4) is 11.5 Å². The Balaban J connectivity index is 1.75. The molecule has 2 aromatic carbocycles. The quantitative estimate of drug-likeness (QED) is 0.694. The van der Waals surface area contributed by atoms with Gasteiger partial charge in [-0.05, 0) is 30.3 Å². The van der Waals surface area contributed by atoms with Crippen molar-refractivity contribution in [2.45, 2.75) is 6.42 Å². The molecule has 1 N–H and O–H groups in total. The summed E-state index contributed by atoms with van der Waals surface area (Å²) < 4.78 is 11.1. The molecule has 23 heavy (non-hydrogen) atoms. The molecule has 0 spiro atoms. The Kier molecular flexibility index (Phi) is 4.09. The van der Waals surface area contributed by atoms with Crippen molar-refractivity contribution < 1.29 is 19.2 Å². The maximum absolute atomic E-state index is 12.3. The normalized spacial score (nSPS) is 13.0. The van der Waals surface area contributed by atoms with Gasteiger partial charge in [0.2, 0.25) is 0 Å². The van der Waals surface area contributed by atoms with Crippen molar-refractivity contribution in [1.82, 2.24) is 0 Å². The number of non-ortho nitro benzene ring substituents is 1. The third-order valence-corrected chi connectivity index (χ3v) is 3.35. The summed E-state index contributed by atoms with van der Waals surface area (Å²) >= 11 is 0. The number of amides is 1. The van der Waals surface area contributed by atoms with Gasteiger partial charge in [-0.1, -0.05) is 0 Å². The molecule has 7 heteroatoms. The SMILES string of the molecule is O=C(Nc1ccc([N+](=O)[O-])cc1)c1ccc2c(c1)OCCCO2. The van der Waals surface area contributed by atoms with E-state index >= 15 is 0 Å². The van der Waals surface area contributed by atoms with Crippen molar-refractivity contribution in [2.24, 2.45) is 0 Å². The minimum atomic E-state index is -0.491. The summed E-state index contributed by atoms with van der Waals surface area (Å²) in [6.07, 6.45) is 0.791. The molecule has 0 fully saturated rings. The van der Waals surface area contributed by atoms with Crippen molar-refractivity contribution in [3.05, 3.63) is 58.1 Å². The van der Waals surface area contributed by atoms with E-state index in [1.54, 1.807) is 18.2 Å². The molecule has 1 aliphatic heterocycles. The van der Waals surface area contributed by atoms with Gasteiger partial charge in [0.25, 0.3) is 11.6 Å². The lowest BCUT2D eigenvalue weighted by atomic mass is 10.2. The van der Waals surface area contributed by atoms with Crippen LogP contribution in [0.3, 0.4) is 0 Å². The van der Waals surface area contributed by atoms with Crippen molar-refractivity contribution in [1.29, 1.82) is 0 Å². The minimum Gasteiger partial charge on any atom is -0.490 e. The first kappa shape index (κ1) is 14.8. The van der Waals surface area contributed by atoms with Gasteiger partial charge in [0.05, 0.1) is 18.1 Å². The second-order valence-corrected chi connectivity index (χ2v) is 4.97. The number of nitrogens with one attached hydrogen (secondary N) is 1. The second-order valence-electron chi connectivity index (χ2n) is 4.97. The minimum absolute atomic E-state index is 0.0291. The number of hydrogen-bond acceptors (Lipinski definition) is 5. The van der Waals surface area contributed by atoms with Gasteiger partial charge >= 0.3 is 0 Å². The maximum atomic E-state index is 12.3. The third-order valence-electron chi connectivity index (χ3n) is 3.35. The van der Waals surface area contributed by atoms with Gasteiger partial charge < -0.3 is 14.8 Å². The first-order valence-electron chi connectivity index (χ1n) is 7.09. The fourth-order valence-electron chi connectivity index (χ4n) is 2.17. The highest BCUT2D eigenvalue weighted by Gasteiger charge is 2.14. The van der Waals surface area contributed by atoms with Crippen LogP contribution in [-0.4, -0.2) is 24.0 Å². The summed E-state index contributed by atoms with van der Waals surface area (Å²) in [7, 11) is 0. The van der Waals surface area contributed by atoms with E-state index in [2.05, 4.69) is 5.32 Å². The van der Waals surface area contributed by atoms with Gasteiger partial charge in [-0.3, -0.25) is 14.9 Å². The van der Waals surface area contributed by atoms with Gasteiger partial charge in [0.15, 0.2) is 11.5 Å². The number of nitro benzene ring substituents is 1.